The van der Waals surface area contributed by atoms with Gasteiger partial charge < -0.3 is 13.6 Å². The summed E-state index contributed by atoms with van der Waals surface area (Å²) >= 11 is 3.61. The third-order valence-corrected chi connectivity index (χ3v) is 21.8. The van der Waals surface area contributed by atoms with Crippen molar-refractivity contribution in [2.24, 2.45) is 16.8 Å². The highest BCUT2D eigenvalue weighted by molar-refractivity contribution is 7.20. The molecule has 0 saturated heterocycles. The molecule has 12 aromatic rings. The van der Waals surface area contributed by atoms with Crippen LogP contribution in [0, 0.1) is 18.8 Å². The second-order valence-corrected chi connectivity index (χ2v) is 27.3. The molecule has 4 nitrogen and oxygen atoms in total. The minimum atomic E-state index is -2.83. The molecule has 0 fully saturated rings. The third kappa shape index (κ3) is 10.4. The number of hydrogen-bond acceptors (Lipinski definition) is 3. The standard InChI is InChI=1S/C76H83BF2N4S2/c1-8-14-18-20-28-52-38-64-56-40-60-54-30-22-24-32-67(54)81(46-49(12-5)26-16-10-3)69(60)43-58(56)62-42-66(80-73(62)75(64)84-52)72(51-36-34-48(7)35-37-51)71-45-63-59-44-70-61(55-31-23-25-33-68(55)82(70)47-50(13-6)27-17-11-4)41-57(59)65-39-53(29-21-19-15-9-2)85-76(65)74(63)83(71)77(78)79/h22-25,30-45,49-50H,8-21,26-29,46-47H2,1-7H3/b72-66-. The molecule has 436 valence electrons. The van der Waals surface area contributed by atoms with Gasteiger partial charge in [0.25, 0.3) is 0 Å². The van der Waals surface area contributed by atoms with Crippen molar-refractivity contribution in [3.05, 3.63) is 158 Å². The van der Waals surface area contributed by atoms with E-state index in [0.717, 1.165) is 117 Å². The summed E-state index contributed by atoms with van der Waals surface area (Å²) in [4.78, 5) is 8.46. The Kier molecular flexibility index (Phi) is 16.7. The Bertz CT molecular complexity index is 4640. The lowest BCUT2D eigenvalue weighted by atomic mass is 9.96. The van der Waals surface area contributed by atoms with Crippen molar-refractivity contribution in [2.75, 3.05) is 0 Å². The maximum atomic E-state index is 17.2. The van der Waals surface area contributed by atoms with Gasteiger partial charge in [0.1, 0.15) is 0 Å². The van der Waals surface area contributed by atoms with E-state index in [0.29, 0.717) is 23.0 Å². The topological polar surface area (TPSA) is 27.1 Å². The van der Waals surface area contributed by atoms with Crippen molar-refractivity contribution in [3.8, 4) is 0 Å². The van der Waals surface area contributed by atoms with Crippen molar-refractivity contribution in [1.82, 2.24) is 13.6 Å². The first kappa shape index (κ1) is 57.5. The number of aromatic nitrogens is 3. The van der Waals surface area contributed by atoms with Crippen LogP contribution in [-0.4, -0.2) is 21.0 Å². The van der Waals surface area contributed by atoms with Crippen LogP contribution in [0.15, 0.2) is 126 Å². The van der Waals surface area contributed by atoms with Crippen LogP contribution in [0.25, 0.3) is 108 Å². The first-order valence-electron chi connectivity index (χ1n) is 32.7. The molecule has 2 unspecified atom stereocenters. The second-order valence-electron chi connectivity index (χ2n) is 25.0. The van der Waals surface area contributed by atoms with Crippen LogP contribution in [0.4, 0.5) is 8.63 Å². The Balaban J connectivity index is 1.12. The maximum absolute atomic E-state index is 17.2. The van der Waals surface area contributed by atoms with Gasteiger partial charge in [0.05, 0.1) is 26.0 Å². The number of nitrogens with zero attached hydrogens (tertiary/aromatic N) is 4. The van der Waals surface area contributed by atoms with Gasteiger partial charge in [-0.3, -0.25) is 8.63 Å². The van der Waals surface area contributed by atoms with Crippen LogP contribution in [0.1, 0.15) is 171 Å². The van der Waals surface area contributed by atoms with Crippen molar-refractivity contribution >= 4 is 138 Å². The van der Waals surface area contributed by atoms with Gasteiger partial charge in [-0.25, -0.2) is 4.99 Å². The van der Waals surface area contributed by atoms with Crippen LogP contribution in [0.3, 0.4) is 0 Å². The predicted octanol–water partition coefficient (Wildman–Crippen LogP) is 22.2. The zero-order chi connectivity index (χ0) is 58.5. The van der Waals surface area contributed by atoms with Crippen LogP contribution < -0.4 is 10.6 Å². The zero-order valence-electron chi connectivity index (χ0n) is 51.3. The highest BCUT2D eigenvalue weighted by Crippen LogP contribution is 2.47. The smallest absolute Gasteiger partial charge is 0.340 e. The van der Waals surface area contributed by atoms with Gasteiger partial charge in [-0.05, 0) is 145 Å². The average Bonchev–Trinajstić information content (AvgIpc) is 1.77. The molecule has 9 heteroatoms. The molecule has 2 atom stereocenters. The summed E-state index contributed by atoms with van der Waals surface area (Å²) in [5.74, 6) is 1.09. The molecule has 1 aliphatic heterocycles. The summed E-state index contributed by atoms with van der Waals surface area (Å²) in [6.07, 6.45) is 23.1. The Morgan fingerprint density at radius 2 is 1.01 bits per heavy atom. The Hall–Kier alpha value is -6.55. The molecule has 0 bridgehead atoms. The number of halogens is 2. The molecule has 6 heterocycles. The minimum absolute atomic E-state index is 0.498. The minimum Gasteiger partial charge on any atom is -0.340 e. The highest BCUT2D eigenvalue weighted by atomic mass is 32.1. The van der Waals surface area contributed by atoms with Crippen LogP contribution >= 0.6 is 22.7 Å². The van der Waals surface area contributed by atoms with Gasteiger partial charge in [0.15, 0.2) is 0 Å². The number of allylic oxidation sites excluding steroid dienone is 1. The van der Waals surface area contributed by atoms with Crippen molar-refractivity contribution in [3.63, 3.8) is 0 Å². The number of aryl methyl sites for hydroxylation is 3. The fourth-order valence-electron chi connectivity index (χ4n) is 14.6. The Morgan fingerprint density at radius 3 is 1.56 bits per heavy atom. The summed E-state index contributed by atoms with van der Waals surface area (Å²) < 4.78 is 43.0. The number of thiophene rings is 2. The molecule has 5 aromatic heterocycles. The predicted molar refractivity (Wildman–Crippen MR) is 368 cm³/mol. The normalized spacial score (nSPS) is 14.2. The van der Waals surface area contributed by atoms with Crippen molar-refractivity contribution in [2.45, 2.75) is 177 Å². The van der Waals surface area contributed by atoms with E-state index in [-0.39, 0.29) is 0 Å². The van der Waals surface area contributed by atoms with E-state index in [9.17, 15) is 0 Å². The number of para-hydroxylation sites is 2. The van der Waals surface area contributed by atoms with Gasteiger partial charge in [0.2, 0.25) is 0 Å². The lowest BCUT2D eigenvalue weighted by molar-refractivity contribution is 0.401. The van der Waals surface area contributed by atoms with E-state index >= 15 is 8.63 Å². The lowest BCUT2D eigenvalue weighted by Gasteiger charge is -2.17. The van der Waals surface area contributed by atoms with Gasteiger partial charge in [-0.1, -0.05) is 185 Å². The molecule has 0 N–H and O–H groups in total. The summed E-state index contributed by atoms with van der Waals surface area (Å²) in [5.41, 5.74) is 9.52. The van der Waals surface area contributed by atoms with Crippen molar-refractivity contribution < 1.29 is 8.63 Å². The number of unbranched alkanes of at least 4 members (excludes halogenated alkanes) is 8. The molecule has 0 radical (unpaired) electrons. The second kappa shape index (κ2) is 24.7. The number of fused-ring (bicyclic) bond motifs is 18. The number of benzene rings is 7. The summed E-state index contributed by atoms with van der Waals surface area (Å²) in [6, 6.07) is 43.1. The molecule has 0 spiro atoms. The molecule has 0 aliphatic carbocycles. The quantitative estimate of drug-likeness (QED) is 0.0403. The van der Waals surface area contributed by atoms with E-state index in [2.05, 4.69) is 179 Å². The fraction of sp³-hybridized carbons (Fsp3) is 0.382. The van der Waals surface area contributed by atoms with Crippen LogP contribution in [-0.2, 0) is 25.9 Å². The molecular formula is C76H83BF2N4S2. The molecule has 7 aromatic carbocycles. The number of rotatable bonds is 25. The first-order valence-corrected chi connectivity index (χ1v) is 34.3. The molecular weight excluding hydrogens is 1080 g/mol. The summed E-state index contributed by atoms with van der Waals surface area (Å²) in [7, 11) is -2.83. The monoisotopic (exact) mass is 1160 g/mol. The van der Waals surface area contributed by atoms with E-state index < -0.39 is 7.40 Å². The maximum Gasteiger partial charge on any atom is 0.678 e. The van der Waals surface area contributed by atoms with E-state index in [1.807, 2.05) is 11.3 Å². The summed E-state index contributed by atoms with van der Waals surface area (Å²) in [6.45, 7) is 17.8. The third-order valence-electron chi connectivity index (χ3n) is 19.4. The van der Waals surface area contributed by atoms with Gasteiger partial charge in [-0.2, -0.15) is 0 Å². The first-order chi connectivity index (χ1) is 41.6. The van der Waals surface area contributed by atoms with Gasteiger partial charge in [0, 0.05) is 99.1 Å². The average molecular weight is 1170 g/mol. The molecule has 85 heavy (non-hydrogen) atoms. The van der Waals surface area contributed by atoms with Crippen LogP contribution in [0.5, 0.6) is 0 Å². The Morgan fingerprint density at radius 1 is 0.494 bits per heavy atom. The van der Waals surface area contributed by atoms with Crippen LogP contribution in [0.2, 0.25) is 0 Å². The molecule has 0 amide bonds. The zero-order valence-corrected chi connectivity index (χ0v) is 52.9. The van der Waals surface area contributed by atoms with E-state index in [4.69, 9.17) is 4.99 Å². The van der Waals surface area contributed by atoms with Gasteiger partial charge >= 0.3 is 7.40 Å². The van der Waals surface area contributed by atoms with Gasteiger partial charge in [-0.15, -0.1) is 22.7 Å². The lowest BCUT2D eigenvalue weighted by Crippen LogP contribution is -2.22. The van der Waals surface area contributed by atoms with Crippen molar-refractivity contribution in [1.29, 1.82) is 0 Å². The largest absolute Gasteiger partial charge is 0.678 e. The Labute approximate surface area is 509 Å². The van der Waals surface area contributed by atoms with E-state index in [1.54, 1.807) is 11.3 Å². The molecule has 1 aliphatic rings. The summed E-state index contributed by atoms with van der Waals surface area (Å²) in [5, 5.41) is 14.8. The fourth-order valence-corrected chi connectivity index (χ4v) is 17.1. The highest BCUT2D eigenvalue weighted by Gasteiger charge is 2.32. The molecule has 0 saturated carbocycles. The van der Waals surface area contributed by atoms with E-state index in [1.165, 1.54) is 149 Å². The molecule has 13 rings (SSSR count). The number of hydrogen-bond donors (Lipinski definition) is 0. The SMILES string of the molecule is CCCCCCc1cc2c(s1)c1c(c3cc4c(cc32)c2ccccc2n4CC(CC)CCCC)=C/C(=C(\c2ccc(C)cc2)c2cc3c4cc5c(cc4c4cc(CCCCCC)sc4c3n2B(F)F)c2ccccc2n5CC(CC)CCCC)N=1.